The summed E-state index contributed by atoms with van der Waals surface area (Å²) >= 11 is 1.57. The number of anilines is 1. The maximum absolute atomic E-state index is 12.8. The highest BCUT2D eigenvalue weighted by atomic mass is 32.1. The van der Waals surface area contributed by atoms with Crippen molar-refractivity contribution in [3.63, 3.8) is 0 Å². The Morgan fingerprint density at radius 1 is 1.15 bits per heavy atom. The molecular formula is C25H32N4O4S. The van der Waals surface area contributed by atoms with E-state index in [-0.39, 0.29) is 18.2 Å². The Kier molecular flexibility index (Phi) is 5.60. The Labute approximate surface area is 203 Å². The summed E-state index contributed by atoms with van der Waals surface area (Å²) in [6.07, 6.45) is 3.48. The molecule has 0 radical (unpaired) electrons. The molecule has 5 rings (SSSR count). The van der Waals surface area contributed by atoms with Crippen LogP contribution in [0.2, 0.25) is 0 Å². The molecule has 1 amide bonds. The Morgan fingerprint density at radius 3 is 2.44 bits per heavy atom. The van der Waals surface area contributed by atoms with Crippen LogP contribution >= 0.6 is 11.3 Å². The van der Waals surface area contributed by atoms with Gasteiger partial charge >= 0.3 is 6.09 Å². The molecule has 0 spiro atoms. The monoisotopic (exact) mass is 484 g/mol. The van der Waals surface area contributed by atoms with Crippen molar-refractivity contribution in [3.8, 4) is 10.6 Å². The second-order valence-electron chi connectivity index (χ2n) is 10.6. The molecule has 1 aromatic carbocycles. The van der Waals surface area contributed by atoms with Crippen molar-refractivity contribution in [1.82, 2.24) is 14.9 Å². The molecule has 2 fully saturated rings. The smallest absolute Gasteiger partial charge is 0.410 e. The quantitative estimate of drug-likeness (QED) is 0.489. The summed E-state index contributed by atoms with van der Waals surface area (Å²) in [7, 11) is 1.71. The summed E-state index contributed by atoms with van der Waals surface area (Å²) in [5.74, 6) is 0. The van der Waals surface area contributed by atoms with Gasteiger partial charge < -0.3 is 18.8 Å². The molecule has 0 saturated carbocycles. The van der Waals surface area contributed by atoms with Crippen LogP contribution in [0, 0.1) is 0 Å². The minimum Gasteiger partial charge on any atom is -0.444 e. The van der Waals surface area contributed by atoms with Crippen molar-refractivity contribution in [3.05, 3.63) is 29.3 Å². The molecule has 2 aromatic heterocycles. The Morgan fingerprint density at radius 2 is 1.85 bits per heavy atom. The van der Waals surface area contributed by atoms with Gasteiger partial charge in [0.15, 0.2) is 5.58 Å². The molecule has 9 heteroatoms. The molecule has 34 heavy (non-hydrogen) atoms. The normalized spacial score (nSPS) is 20.9. The van der Waals surface area contributed by atoms with E-state index in [1.54, 1.807) is 24.6 Å². The van der Waals surface area contributed by atoms with E-state index in [0.717, 1.165) is 40.1 Å². The summed E-state index contributed by atoms with van der Waals surface area (Å²) in [6.45, 7) is 11.1. The summed E-state index contributed by atoms with van der Waals surface area (Å²) in [4.78, 5) is 26.3. The number of aromatic nitrogens is 2. The standard InChI is InChI=1S/C25H32N4O4S/c1-24(2,3)33-23(30)29-16-7-8-17(29)14-28(13-16)22-27-19-12-15(25(4,5)31-6)11-18(20(19)32-22)21-26-9-10-34-21/h9-12,16-17H,7-8,13-14H2,1-6H3. The molecule has 2 unspecified atom stereocenters. The van der Waals surface area contributed by atoms with Crippen LogP contribution in [0.3, 0.4) is 0 Å². The Hall–Kier alpha value is -2.65. The van der Waals surface area contributed by atoms with E-state index in [2.05, 4.69) is 16.0 Å². The topological polar surface area (TPSA) is 80.9 Å². The van der Waals surface area contributed by atoms with Gasteiger partial charge in [0.25, 0.3) is 6.01 Å². The maximum Gasteiger partial charge on any atom is 0.410 e. The van der Waals surface area contributed by atoms with Crippen LogP contribution in [0.4, 0.5) is 10.8 Å². The number of oxazole rings is 1. The van der Waals surface area contributed by atoms with E-state index in [0.29, 0.717) is 19.1 Å². The fraction of sp³-hybridized carbons (Fsp3) is 0.560. The second-order valence-corrected chi connectivity index (χ2v) is 11.5. The third-order valence-electron chi connectivity index (χ3n) is 6.70. The first kappa shape index (κ1) is 23.1. The van der Waals surface area contributed by atoms with Gasteiger partial charge in [0, 0.05) is 31.8 Å². The summed E-state index contributed by atoms with van der Waals surface area (Å²) in [6, 6.07) is 4.88. The number of ether oxygens (including phenoxy) is 2. The third kappa shape index (κ3) is 4.15. The van der Waals surface area contributed by atoms with Crippen molar-refractivity contribution in [2.24, 2.45) is 0 Å². The second kappa shape index (κ2) is 8.23. The first-order chi connectivity index (χ1) is 16.1. The Balaban J connectivity index is 1.48. The van der Waals surface area contributed by atoms with E-state index >= 15 is 0 Å². The lowest BCUT2D eigenvalue weighted by molar-refractivity contribution is 0.0120. The van der Waals surface area contributed by atoms with Crippen LogP contribution in [-0.4, -0.2) is 58.8 Å². The number of thiazole rings is 1. The SMILES string of the molecule is COC(C)(C)c1cc(-c2nccs2)c2oc(N3CC4CCC(C3)N4C(=O)OC(C)(C)C)nc2c1. The number of nitrogens with zero attached hydrogens (tertiary/aromatic N) is 4. The van der Waals surface area contributed by atoms with Gasteiger partial charge in [-0.2, -0.15) is 4.98 Å². The zero-order valence-corrected chi connectivity index (χ0v) is 21.4. The van der Waals surface area contributed by atoms with Gasteiger partial charge in [0.2, 0.25) is 0 Å². The highest BCUT2D eigenvalue weighted by Gasteiger charge is 2.45. The molecule has 3 aromatic rings. The third-order valence-corrected chi connectivity index (χ3v) is 7.51. The van der Waals surface area contributed by atoms with Gasteiger partial charge in [0.05, 0.1) is 23.2 Å². The van der Waals surface area contributed by atoms with Crippen LogP contribution in [0.25, 0.3) is 21.7 Å². The number of benzene rings is 1. The van der Waals surface area contributed by atoms with E-state index < -0.39 is 11.2 Å². The highest BCUT2D eigenvalue weighted by molar-refractivity contribution is 7.13. The molecule has 2 saturated heterocycles. The Bertz CT molecular complexity index is 1180. The summed E-state index contributed by atoms with van der Waals surface area (Å²) in [5, 5.41) is 2.84. The zero-order valence-electron chi connectivity index (χ0n) is 20.6. The minimum absolute atomic E-state index is 0.0880. The van der Waals surface area contributed by atoms with E-state index in [9.17, 15) is 4.79 Å². The number of piperazine rings is 1. The van der Waals surface area contributed by atoms with Crippen LogP contribution in [-0.2, 0) is 15.1 Å². The van der Waals surface area contributed by atoms with Gasteiger partial charge in [-0.1, -0.05) is 0 Å². The van der Waals surface area contributed by atoms with Crippen molar-refractivity contribution in [1.29, 1.82) is 0 Å². The molecule has 182 valence electrons. The molecule has 2 aliphatic rings. The number of rotatable bonds is 4. The van der Waals surface area contributed by atoms with Crippen LogP contribution in [0.1, 0.15) is 53.0 Å². The molecule has 2 bridgehead atoms. The zero-order chi connectivity index (χ0) is 24.3. The molecule has 0 aliphatic carbocycles. The van der Waals surface area contributed by atoms with E-state index in [1.807, 2.05) is 51.0 Å². The average molecular weight is 485 g/mol. The van der Waals surface area contributed by atoms with Crippen molar-refractivity contribution >= 4 is 34.5 Å². The molecule has 8 nitrogen and oxygen atoms in total. The predicted octanol–water partition coefficient (Wildman–Crippen LogP) is 5.42. The first-order valence-electron chi connectivity index (χ1n) is 11.7. The summed E-state index contributed by atoms with van der Waals surface area (Å²) in [5.41, 5.74) is 2.46. The maximum atomic E-state index is 12.8. The fourth-order valence-corrected chi connectivity index (χ4v) is 5.46. The lowest BCUT2D eigenvalue weighted by Gasteiger charge is -2.40. The molecule has 4 heterocycles. The van der Waals surface area contributed by atoms with Crippen molar-refractivity contribution in [2.45, 2.75) is 70.7 Å². The van der Waals surface area contributed by atoms with Gasteiger partial charge in [-0.25, -0.2) is 9.78 Å². The lowest BCUT2D eigenvalue weighted by atomic mass is 9.95. The largest absolute Gasteiger partial charge is 0.444 e. The van der Waals surface area contributed by atoms with Gasteiger partial charge in [0.1, 0.15) is 16.1 Å². The number of carbonyl (C=O) groups excluding carboxylic acids is 1. The lowest BCUT2D eigenvalue weighted by Crippen LogP contribution is -2.56. The first-order valence-corrected chi connectivity index (χ1v) is 12.6. The average Bonchev–Trinajstić information content (AvgIpc) is 3.49. The van der Waals surface area contributed by atoms with Crippen LogP contribution in [0.5, 0.6) is 0 Å². The number of fused-ring (bicyclic) bond motifs is 3. The van der Waals surface area contributed by atoms with Gasteiger partial charge in [-0.3, -0.25) is 4.90 Å². The van der Waals surface area contributed by atoms with Gasteiger partial charge in [-0.15, -0.1) is 11.3 Å². The van der Waals surface area contributed by atoms with Gasteiger partial charge in [-0.05, 0) is 65.2 Å². The van der Waals surface area contributed by atoms with Crippen molar-refractivity contribution in [2.75, 3.05) is 25.1 Å². The summed E-state index contributed by atoms with van der Waals surface area (Å²) < 4.78 is 17.8. The number of hydrogen-bond acceptors (Lipinski definition) is 8. The fourth-order valence-electron chi connectivity index (χ4n) is 4.81. The van der Waals surface area contributed by atoms with Crippen molar-refractivity contribution < 1.29 is 18.7 Å². The van der Waals surface area contributed by atoms with E-state index in [1.165, 1.54) is 0 Å². The predicted molar refractivity (Wildman–Crippen MR) is 132 cm³/mol. The number of methoxy groups -OCH3 is 1. The molecule has 0 N–H and O–H groups in total. The highest BCUT2D eigenvalue weighted by Crippen LogP contribution is 2.39. The molecular weight excluding hydrogens is 452 g/mol. The minimum atomic E-state index is -0.506. The van der Waals surface area contributed by atoms with Crippen LogP contribution in [0.15, 0.2) is 28.1 Å². The molecule has 2 aliphatic heterocycles. The van der Waals surface area contributed by atoms with Crippen LogP contribution < -0.4 is 4.90 Å². The number of carbonyl (C=O) groups is 1. The number of hydrogen-bond donors (Lipinski definition) is 0. The van der Waals surface area contributed by atoms with E-state index in [4.69, 9.17) is 18.9 Å². The molecule has 2 atom stereocenters. The number of amides is 1.